The van der Waals surface area contributed by atoms with Crippen LogP contribution in [0, 0.1) is 0 Å². The van der Waals surface area contributed by atoms with E-state index >= 15 is 0 Å². The molecule has 0 saturated heterocycles. The number of halogens is 1. The average molecular weight is 416 g/mol. The van der Waals surface area contributed by atoms with Gasteiger partial charge in [-0.05, 0) is 40.2 Å². The predicted molar refractivity (Wildman–Crippen MR) is 92.1 cm³/mol. The molecule has 2 rings (SSSR count). The van der Waals surface area contributed by atoms with Crippen LogP contribution < -0.4 is 0 Å². The zero-order chi connectivity index (χ0) is 17.7. The monoisotopic (exact) mass is 415 g/mol. The highest BCUT2D eigenvalue weighted by atomic mass is 79.9. The van der Waals surface area contributed by atoms with E-state index in [1.807, 2.05) is 12.3 Å². The molecule has 0 aliphatic carbocycles. The highest BCUT2D eigenvalue weighted by Gasteiger charge is 2.22. The second-order valence-corrected chi connectivity index (χ2v) is 8.17. The first-order valence-electron chi connectivity index (χ1n) is 7.19. The van der Waals surface area contributed by atoms with Crippen LogP contribution in [0.3, 0.4) is 0 Å². The molecule has 1 aromatic carbocycles. The maximum Gasteiger partial charge on any atom is 0.338 e. The summed E-state index contributed by atoms with van der Waals surface area (Å²) in [5, 5.41) is 4.06. The SMILES string of the molecule is CN(C)S(=O)(=O)c1cc(C(=O)OCCCn2cccn2)ccc1Br. The van der Waals surface area contributed by atoms with E-state index < -0.39 is 16.0 Å². The van der Waals surface area contributed by atoms with Crippen molar-refractivity contribution in [1.29, 1.82) is 0 Å². The third-order valence-corrected chi connectivity index (χ3v) is 6.06. The number of hydrogen-bond acceptors (Lipinski definition) is 5. The number of ether oxygens (including phenoxy) is 1. The number of sulfonamides is 1. The fraction of sp³-hybridized carbons (Fsp3) is 0.333. The van der Waals surface area contributed by atoms with E-state index in [1.165, 1.54) is 32.3 Å². The lowest BCUT2D eigenvalue weighted by molar-refractivity contribution is 0.0494. The summed E-state index contributed by atoms with van der Waals surface area (Å²) >= 11 is 3.20. The molecule has 0 bridgehead atoms. The second kappa shape index (κ2) is 7.91. The molecule has 24 heavy (non-hydrogen) atoms. The minimum atomic E-state index is -3.65. The number of carbonyl (C=O) groups is 1. The molecule has 0 spiro atoms. The largest absolute Gasteiger partial charge is 0.462 e. The Balaban J connectivity index is 2.02. The number of aromatic nitrogens is 2. The number of benzene rings is 1. The normalized spacial score (nSPS) is 11.7. The van der Waals surface area contributed by atoms with Crippen molar-refractivity contribution in [3.63, 3.8) is 0 Å². The maximum atomic E-state index is 12.3. The highest BCUT2D eigenvalue weighted by molar-refractivity contribution is 9.10. The van der Waals surface area contributed by atoms with Crippen molar-refractivity contribution in [1.82, 2.24) is 14.1 Å². The second-order valence-electron chi connectivity index (χ2n) is 5.19. The van der Waals surface area contributed by atoms with Gasteiger partial charge in [0.05, 0.1) is 17.1 Å². The summed E-state index contributed by atoms with van der Waals surface area (Å²) < 4.78 is 32.9. The molecule has 1 aromatic heterocycles. The molecule has 0 amide bonds. The lowest BCUT2D eigenvalue weighted by atomic mass is 10.2. The molecule has 130 valence electrons. The Morgan fingerprint density at radius 2 is 2.12 bits per heavy atom. The third kappa shape index (κ3) is 4.43. The fourth-order valence-electron chi connectivity index (χ4n) is 1.93. The van der Waals surface area contributed by atoms with Crippen LogP contribution in [0.25, 0.3) is 0 Å². The van der Waals surface area contributed by atoms with Gasteiger partial charge in [0.25, 0.3) is 0 Å². The number of rotatable bonds is 7. The molecule has 7 nitrogen and oxygen atoms in total. The van der Waals surface area contributed by atoms with Gasteiger partial charge in [0, 0.05) is 43.9 Å². The third-order valence-electron chi connectivity index (χ3n) is 3.25. The Labute approximate surface area is 149 Å². The molecule has 0 aliphatic heterocycles. The van der Waals surface area contributed by atoms with Crippen LogP contribution in [0.1, 0.15) is 16.8 Å². The van der Waals surface area contributed by atoms with E-state index in [0.29, 0.717) is 17.4 Å². The van der Waals surface area contributed by atoms with Crippen molar-refractivity contribution in [2.75, 3.05) is 20.7 Å². The average Bonchev–Trinajstić information content (AvgIpc) is 3.04. The number of nitrogens with zero attached hydrogens (tertiary/aromatic N) is 3. The summed E-state index contributed by atoms with van der Waals surface area (Å²) in [7, 11) is -0.786. The van der Waals surface area contributed by atoms with Crippen molar-refractivity contribution in [2.45, 2.75) is 17.9 Å². The molecule has 0 fully saturated rings. The molecule has 9 heteroatoms. The summed E-state index contributed by atoms with van der Waals surface area (Å²) in [6, 6.07) is 6.18. The minimum Gasteiger partial charge on any atom is -0.462 e. The predicted octanol–water partition coefficient (Wildman–Crippen LogP) is 2.14. The van der Waals surface area contributed by atoms with Crippen molar-refractivity contribution < 1.29 is 17.9 Å². The lowest BCUT2D eigenvalue weighted by Crippen LogP contribution is -2.23. The maximum absolute atomic E-state index is 12.3. The topological polar surface area (TPSA) is 81.5 Å². The molecular formula is C15H18BrN3O4S. The molecule has 0 saturated carbocycles. The molecule has 0 radical (unpaired) electrons. The highest BCUT2D eigenvalue weighted by Crippen LogP contribution is 2.25. The smallest absolute Gasteiger partial charge is 0.338 e. The van der Waals surface area contributed by atoms with Gasteiger partial charge < -0.3 is 4.74 Å². The molecule has 1 heterocycles. The summed E-state index contributed by atoms with van der Waals surface area (Å²) in [6.07, 6.45) is 4.13. The standard InChI is InChI=1S/C15H18BrN3O4S/c1-18(2)24(21,22)14-11-12(5-6-13(14)16)15(20)23-10-4-9-19-8-3-7-17-19/h3,5-8,11H,4,9-10H2,1-2H3. The van der Waals surface area contributed by atoms with Gasteiger partial charge in [-0.3, -0.25) is 4.68 Å². The zero-order valence-electron chi connectivity index (χ0n) is 13.3. The van der Waals surface area contributed by atoms with Gasteiger partial charge in [-0.2, -0.15) is 5.10 Å². The Kier molecular flexibility index (Phi) is 6.14. The minimum absolute atomic E-state index is 0.0264. The van der Waals surface area contributed by atoms with Crippen LogP contribution in [-0.4, -0.2) is 49.2 Å². The van der Waals surface area contributed by atoms with Crippen LogP contribution in [0.15, 0.2) is 46.0 Å². The van der Waals surface area contributed by atoms with Gasteiger partial charge in [0.15, 0.2) is 0 Å². The van der Waals surface area contributed by atoms with Crippen LogP contribution in [0.5, 0.6) is 0 Å². The van der Waals surface area contributed by atoms with Crippen LogP contribution >= 0.6 is 15.9 Å². The van der Waals surface area contributed by atoms with E-state index in [4.69, 9.17) is 4.74 Å². The Morgan fingerprint density at radius 1 is 1.38 bits per heavy atom. The van der Waals surface area contributed by atoms with Gasteiger partial charge in [-0.1, -0.05) is 0 Å². The number of esters is 1. The van der Waals surface area contributed by atoms with Gasteiger partial charge in [-0.15, -0.1) is 0 Å². The van der Waals surface area contributed by atoms with Gasteiger partial charge in [0.2, 0.25) is 10.0 Å². The molecule has 0 aliphatic rings. The first-order valence-corrected chi connectivity index (χ1v) is 9.42. The van der Waals surface area contributed by atoms with Gasteiger partial charge in [-0.25, -0.2) is 17.5 Å². The van der Waals surface area contributed by atoms with E-state index in [0.717, 1.165) is 4.31 Å². The summed E-state index contributed by atoms with van der Waals surface area (Å²) in [6.45, 7) is 0.866. The Hall–Kier alpha value is -1.71. The lowest BCUT2D eigenvalue weighted by Gasteiger charge is -2.14. The Morgan fingerprint density at radius 3 is 2.75 bits per heavy atom. The van der Waals surface area contributed by atoms with Crippen LogP contribution in [0.4, 0.5) is 0 Å². The van der Waals surface area contributed by atoms with E-state index in [1.54, 1.807) is 10.9 Å². The quantitative estimate of drug-likeness (QED) is 0.510. The van der Waals surface area contributed by atoms with Crippen molar-refractivity contribution >= 4 is 31.9 Å². The Bertz CT molecular complexity index is 804. The molecule has 0 N–H and O–H groups in total. The number of hydrogen-bond donors (Lipinski definition) is 0. The van der Waals surface area contributed by atoms with E-state index in [2.05, 4.69) is 21.0 Å². The van der Waals surface area contributed by atoms with Crippen molar-refractivity contribution in [3.8, 4) is 0 Å². The van der Waals surface area contributed by atoms with Crippen LogP contribution in [0.2, 0.25) is 0 Å². The number of aryl methyl sites for hydroxylation is 1. The first kappa shape index (κ1) is 18.6. The van der Waals surface area contributed by atoms with Crippen molar-refractivity contribution in [3.05, 3.63) is 46.7 Å². The fourth-order valence-corrected chi connectivity index (χ4v) is 3.78. The molecule has 2 aromatic rings. The molecular weight excluding hydrogens is 398 g/mol. The van der Waals surface area contributed by atoms with E-state index in [9.17, 15) is 13.2 Å². The molecule has 0 unspecified atom stereocenters. The summed E-state index contributed by atoms with van der Waals surface area (Å²) in [4.78, 5) is 12.1. The zero-order valence-corrected chi connectivity index (χ0v) is 15.7. The molecule has 0 atom stereocenters. The summed E-state index contributed by atoms with van der Waals surface area (Å²) in [5.41, 5.74) is 0.192. The number of carbonyl (C=O) groups excluding carboxylic acids is 1. The van der Waals surface area contributed by atoms with Gasteiger partial charge in [0.1, 0.15) is 0 Å². The summed E-state index contributed by atoms with van der Waals surface area (Å²) in [5.74, 6) is -0.557. The van der Waals surface area contributed by atoms with Crippen LogP contribution in [-0.2, 0) is 21.3 Å². The van der Waals surface area contributed by atoms with E-state index in [-0.39, 0.29) is 17.1 Å². The van der Waals surface area contributed by atoms with Gasteiger partial charge >= 0.3 is 5.97 Å². The first-order chi connectivity index (χ1) is 11.3. The van der Waals surface area contributed by atoms with Crippen molar-refractivity contribution in [2.24, 2.45) is 0 Å².